The molecule has 0 heterocycles. The van der Waals surface area contributed by atoms with E-state index in [0.717, 1.165) is 0 Å². The molecule has 0 unspecified atom stereocenters. The molecule has 0 aliphatic heterocycles. The predicted molar refractivity (Wildman–Crippen MR) is 109 cm³/mol. The summed E-state index contributed by atoms with van der Waals surface area (Å²) in [4.78, 5) is 11.6. The molecule has 3 aromatic carbocycles. The van der Waals surface area contributed by atoms with E-state index in [9.17, 15) is 13.2 Å². The summed E-state index contributed by atoms with van der Waals surface area (Å²) in [6.07, 6.45) is 0. The molecular weight excluding hydrogens is 400 g/mol. The fraction of sp³-hybridized carbons (Fsp3) is 0.0500. The Bertz CT molecular complexity index is 1100. The van der Waals surface area contributed by atoms with Crippen LogP contribution in [0.25, 0.3) is 0 Å². The number of ether oxygens (including phenoxy) is 1. The third kappa shape index (κ3) is 4.44. The zero-order chi connectivity index (χ0) is 20.1. The molecule has 0 aliphatic carbocycles. The van der Waals surface area contributed by atoms with Crippen molar-refractivity contribution in [1.29, 1.82) is 0 Å². The van der Waals surface area contributed by atoms with Crippen LogP contribution in [0.4, 0.5) is 5.69 Å². The van der Waals surface area contributed by atoms with Gasteiger partial charge in [-0.25, -0.2) is 8.42 Å². The molecule has 6 nitrogen and oxygen atoms in total. The molecule has 3 aromatic rings. The van der Waals surface area contributed by atoms with Gasteiger partial charge in [-0.3, -0.25) is 9.52 Å². The second kappa shape index (κ2) is 8.33. The number of anilines is 1. The summed E-state index contributed by atoms with van der Waals surface area (Å²) in [7, 11) is -2.38. The van der Waals surface area contributed by atoms with Gasteiger partial charge >= 0.3 is 0 Å². The molecule has 144 valence electrons. The Balaban J connectivity index is 1.87. The number of hydrogen-bond acceptors (Lipinski definition) is 4. The number of carbonyl (C=O) groups excluding carboxylic acids is 1. The lowest BCUT2D eigenvalue weighted by Gasteiger charge is -2.14. The normalized spacial score (nSPS) is 10.9. The van der Waals surface area contributed by atoms with Gasteiger partial charge in [0.05, 0.1) is 15.6 Å². The Morgan fingerprint density at radius 1 is 0.893 bits per heavy atom. The zero-order valence-corrected chi connectivity index (χ0v) is 16.4. The first-order chi connectivity index (χ1) is 13.4. The first-order valence-electron chi connectivity index (χ1n) is 8.27. The van der Waals surface area contributed by atoms with E-state index >= 15 is 0 Å². The van der Waals surface area contributed by atoms with E-state index in [1.165, 1.54) is 31.3 Å². The van der Waals surface area contributed by atoms with E-state index in [-0.39, 0.29) is 16.5 Å². The van der Waals surface area contributed by atoms with Crippen molar-refractivity contribution in [3.05, 3.63) is 83.4 Å². The summed E-state index contributed by atoms with van der Waals surface area (Å²) in [5.74, 6) is 0.419. The van der Waals surface area contributed by atoms with Crippen LogP contribution in [-0.2, 0) is 10.0 Å². The molecule has 1 amide bonds. The first kappa shape index (κ1) is 19.7. The van der Waals surface area contributed by atoms with Crippen molar-refractivity contribution in [3.8, 4) is 11.5 Å². The smallest absolute Gasteiger partial charge is 0.262 e. The van der Waals surface area contributed by atoms with Gasteiger partial charge in [0, 0.05) is 12.6 Å². The van der Waals surface area contributed by atoms with Crippen molar-refractivity contribution < 1.29 is 17.9 Å². The van der Waals surface area contributed by atoms with Gasteiger partial charge in [0.15, 0.2) is 5.75 Å². The zero-order valence-electron chi connectivity index (χ0n) is 14.8. The monoisotopic (exact) mass is 416 g/mol. The topological polar surface area (TPSA) is 84.5 Å². The number of para-hydroxylation sites is 3. The van der Waals surface area contributed by atoms with E-state index < -0.39 is 10.0 Å². The molecular formula is C20H17ClN2O4S. The van der Waals surface area contributed by atoms with Crippen molar-refractivity contribution in [3.63, 3.8) is 0 Å². The molecule has 28 heavy (non-hydrogen) atoms. The summed E-state index contributed by atoms with van der Waals surface area (Å²) in [5.41, 5.74) is 0.627. The van der Waals surface area contributed by atoms with Crippen LogP contribution in [0.3, 0.4) is 0 Å². The minimum atomic E-state index is -3.88. The number of benzene rings is 3. The Hall–Kier alpha value is -3.03. The summed E-state index contributed by atoms with van der Waals surface area (Å²) in [6.45, 7) is 0. The molecule has 0 aliphatic rings. The molecule has 0 radical (unpaired) electrons. The highest BCUT2D eigenvalue weighted by Crippen LogP contribution is 2.34. The maximum Gasteiger partial charge on any atom is 0.262 e. The van der Waals surface area contributed by atoms with Gasteiger partial charge in [0.2, 0.25) is 0 Å². The van der Waals surface area contributed by atoms with E-state index in [4.69, 9.17) is 16.3 Å². The standard InChI is InChI=1S/C20H17ClN2O4S/c1-22-20(24)14-10-12-15(13-11-14)28(25,26)23-17-7-3-5-9-19(17)27-18-8-4-2-6-16(18)21/h2-13,23H,1H3,(H,22,24). The van der Waals surface area contributed by atoms with E-state index in [1.54, 1.807) is 48.5 Å². The molecule has 0 bridgehead atoms. The van der Waals surface area contributed by atoms with Gasteiger partial charge in [0.25, 0.3) is 15.9 Å². The summed E-state index contributed by atoms with van der Waals surface area (Å²) >= 11 is 6.11. The van der Waals surface area contributed by atoms with Crippen LogP contribution in [0.1, 0.15) is 10.4 Å². The number of carbonyl (C=O) groups is 1. The van der Waals surface area contributed by atoms with Crippen LogP contribution >= 0.6 is 11.6 Å². The Kier molecular flexibility index (Phi) is 5.87. The molecule has 0 saturated carbocycles. The fourth-order valence-electron chi connectivity index (χ4n) is 2.42. The second-order valence-electron chi connectivity index (χ2n) is 5.74. The highest BCUT2D eigenvalue weighted by atomic mass is 35.5. The van der Waals surface area contributed by atoms with Gasteiger partial charge < -0.3 is 10.1 Å². The molecule has 0 fully saturated rings. The molecule has 0 aromatic heterocycles. The van der Waals surface area contributed by atoms with E-state index in [0.29, 0.717) is 22.1 Å². The van der Waals surface area contributed by atoms with Crippen molar-refractivity contribution in [2.24, 2.45) is 0 Å². The van der Waals surface area contributed by atoms with Crippen molar-refractivity contribution in [1.82, 2.24) is 5.32 Å². The summed E-state index contributed by atoms with van der Waals surface area (Å²) < 4.78 is 33.7. The van der Waals surface area contributed by atoms with Gasteiger partial charge in [-0.05, 0) is 48.5 Å². The van der Waals surface area contributed by atoms with Crippen LogP contribution in [0.2, 0.25) is 5.02 Å². The lowest BCUT2D eigenvalue weighted by Crippen LogP contribution is -2.18. The molecule has 8 heteroatoms. The van der Waals surface area contributed by atoms with Gasteiger partial charge in [-0.1, -0.05) is 35.9 Å². The Morgan fingerprint density at radius 3 is 2.14 bits per heavy atom. The maximum atomic E-state index is 12.7. The Labute approximate surface area is 168 Å². The largest absolute Gasteiger partial charge is 0.454 e. The highest BCUT2D eigenvalue weighted by molar-refractivity contribution is 7.92. The second-order valence-corrected chi connectivity index (χ2v) is 7.83. The lowest BCUT2D eigenvalue weighted by molar-refractivity contribution is 0.0963. The maximum absolute atomic E-state index is 12.7. The van der Waals surface area contributed by atoms with Crippen LogP contribution in [0.15, 0.2) is 77.7 Å². The lowest BCUT2D eigenvalue weighted by atomic mass is 10.2. The molecule has 2 N–H and O–H groups in total. The number of nitrogens with one attached hydrogen (secondary N) is 2. The average molecular weight is 417 g/mol. The number of halogens is 1. The van der Waals surface area contributed by atoms with Gasteiger partial charge in [-0.2, -0.15) is 0 Å². The SMILES string of the molecule is CNC(=O)c1ccc(S(=O)(=O)Nc2ccccc2Oc2ccccc2Cl)cc1. The number of amides is 1. The number of sulfonamides is 1. The number of hydrogen-bond donors (Lipinski definition) is 2. The van der Waals surface area contributed by atoms with Crippen LogP contribution in [-0.4, -0.2) is 21.4 Å². The predicted octanol–water partition coefficient (Wildman–Crippen LogP) is 4.29. The van der Waals surface area contributed by atoms with Crippen molar-refractivity contribution in [2.75, 3.05) is 11.8 Å². The van der Waals surface area contributed by atoms with Crippen LogP contribution < -0.4 is 14.8 Å². The summed E-state index contributed by atoms with van der Waals surface area (Å²) in [5, 5.41) is 2.89. The van der Waals surface area contributed by atoms with Crippen molar-refractivity contribution in [2.45, 2.75) is 4.90 Å². The Morgan fingerprint density at radius 2 is 1.50 bits per heavy atom. The minimum absolute atomic E-state index is 0.0210. The third-order valence-electron chi connectivity index (χ3n) is 3.84. The molecule has 0 atom stereocenters. The van der Waals surface area contributed by atoms with Crippen LogP contribution in [0, 0.1) is 0 Å². The van der Waals surface area contributed by atoms with Crippen molar-refractivity contribution >= 4 is 33.2 Å². The fourth-order valence-corrected chi connectivity index (χ4v) is 3.66. The minimum Gasteiger partial charge on any atom is -0.454 e. The van der Waals surface area contributed by atoms with Gasteiger partial charge in [-0.15, -0.1) is 0 Å². The average Bonchev–Trinajstić information content (AvgIpc) is 2.70. The highest BCUT2D eigenvalue weighted by Gasteiger charge is 2.18. The molecule has 0 saturated heterocycles. The van der Waals surface area contributed by atoms with E-state index in [1.807, 2.05) is 0 Å². The molecule has 3 rings (SSSR count). The third-order valence-corrected chi connectivity index (χ3v) is 5.54. The van der Waals surface area contributed by atoms with Gasteiger partial charge in [0.1, 0.15) is 5.75 Å². The number of rotatable bonds is 6. The van der Waals surface area contributed by atoms with E-state index in [2.05, 4.69) is 10.0 Å². The summed E-state index contributed by atoms with van der Waals surface area (Å²) in [6, 6.07) is 19.2. The molecule has 0 spiro atoms. The van der Waals surface area contributed by atoms with Crippen LogP contribution in [0.5, 0.6) is 11.5 Å². The first-order valence-corrected chi connectivity index (χ1v) is 10.1. The quantitative estimate of drug-likeness (QED) is 0.627.